The average Bonchev–Trinajstić information content (AvgIpc) is 3.03. The Bertz CT molecular complexity index is 1150. The Morgan fingerprint density at radius 1 is 1.10 bits per heavy atom. The number of aromatic nitrogens is 2. The van der Waals surface area contributed by atoms with Crippen molar-refractivity contribution >= 4 is 21.4 Å². The zero-order valence-corrected chi connectivity index (χ0v) is 17.4. The van der Waals surface area contributed by atoms with Crippen LogP contribution in [-0.2, 0) is 9.84 Å². The Balaban J connectivity index is 2.00. The molecular formula is C21H22FN3O3S. The van der Waals surface area contributed by atoms with Gasteiger partial charge >= 0.3 is 0 Å². The molecule has 0 N–H and O–H groups in total. The van der Waals surface area contributed by atoms with Crippen LogP contribution in [0.25, 0.3) is 5.69 Å². The van der Waals surface area contributed by atoms with E-state index in [1.165, 1.54) is 29.1 Å². The molecule has 1 aromatic heterocycles. The van der Waals surface area contributed by atoms with Crippen molar-refractivity contribution in [2.75, 3.05) is 11.2 Å². The van der Waals surface area contributed by atoms with Crippen molar-refractivity contribution in [3.8, 4) is 5.69 Å². The minimum atomic E-state index is -3.33. The molecule has 0 saturated carbocycles. The quantitative estimate of drug-likeness (QED) is 0.636. The van der Waals surface area contributed by atoms with E-state index >= 15 is 0 Å². The molecule has 3 aromatic rings. The smallest absolute Gasteiger partial charge is 0.261 e. The summed E-state index contributed by atoms with van der Waals surface area (Å²) in [5, 5.41) is 4.20. The largest absolute Gasteiger partial charge is 0.306 e. The van der Waals surface area contributed by atoms with Crippen LogP contribution in [0.2, 0.25) is 0 Å². The monoisotopic (exact) mass is 415 g/mol. The molecular weight excluding hydrogens is 393 g/mol. The van der Waals surface area contributed by atoms with E-state index in [0.717, 1.165) is 6.26 Å². The number of amides is 1. The molecule has 0 saturated heterocycles. The van der Waals surface area contributed by atoms with Crippen molar-refractivity contribution in [2.45, 2.75) is 31.7 Å². The van der Waals surface area contributed by atoms with Gasteiger partial charge in [0, 0.05) is 18.0 Å². The standard InChI is InChI=1S/C21H22FN3O3S/c1-14(2)24(16-9-11-17(12-10-16)29(4,27)28)21(26)18-13-23-25(15(18)3)20-8-6-5-7-19(20)22/h5-14H,1-4H3. The molecule has 152 valence electrons. The predicted octanol–water partition coefficient (Wildman–Crippen LogP) is 3.78. The molecule has 1 amide bonds. The summed E-state index contributed by atoms with van der Waals surface area (Å²) >= 11 is 0. The lowest BCUT2D eigenvalue weighted by atomic mass is 10.1. The number of hydrogen-bond acceptors (Lipinski definition) is 4. The first-order chi connectivity index (χ1) is 13.6. The Hall–Kier alpha value is -3.00. The number of anilines is 1. The van der Waals surface area contributed by atoms with Crippen LogP contribution in [0.5, 0.6) is 0 Å². The van der Waals surface area contributed by atoms with Crippen LogP contribution in [0.4, 0.5) is 10.1 Å². The first kappa shape index (κ1) is 20.7. The molecule has 0 aliphatic heterocycles. The van der Waals surface area contributed by atoms with Crippen LogP contribution in [0, 0.1) is 12.7 Å². The highest BCUT2D eigenvalue weighted by molar-refractivity contribution is 7.90. The third-order valence-electron chi connectivity index (χ3n) is 4.60. The van der Waals surface area contributed by atoms with Crippen molar-refractivity contribution in [1.82, 2.24) is 9.78 Å². The molecule has 0 fully saturated rings. The lowest BCUT2D eigenvalue weighted by Gasteiger charge is -2.27. The molecule has 0 unspecified atom stereocenters. The van der Waals surface area contributed by atoms with E-state index in [1.807, 2.05) is 13.8 Å². The van der Waals surface area contributed by atoms with E-state index in [1.54, 1.807) is 42.2 Å². The number of halogens is 1. The van der Waals surface area contributed by atoms with Gasteiger partial charge in [-0.1, -0.05) is 12.1 Å². The van der Waals surface area contributed by atoms with Crippen molar-refractivity contribution in [3.05, 3.63) is 71.8 Å². The fourth-order valence-electron chi connectivity index (χ4n) is 3.12. The van der Waals surface area contributed by atoms with Gasteiger partial charge in [-0.25, -0.2) is 17.5 Å². The second kappa shape index (κ2) is 7.79. The predicted molar refractivity (Wildman–Crippen MR) is 110 cm³/mol. The molecule has 0 bridgehead atoms. The average molecular weight is 415 g/mol. The lowest BCUT2D eigenvalue weighted by molar-refractivity contribution is 0.0979. The molecule has 3 rings (SSSR count). The molecule has 1 heterocycles. The van der Waals surface area contributed by atoms with Crippen molar-refractivity contribution in [2.24, 2.45) is 0 Å². The van der Waals surface area contributed by atoms with E-state index < -0.39 is 15.7 Å². The minimum absolute atomic E-state index is 0.181. The van der Waals surface area contributed by atoms with E-state index in [-0.39, 0.29) is 22.5 Å². The number of carbonyl (C=O) groups is 1. The summed E-state index contributed by atoms with van der Waals surface area (Å²) < 4.78 is 38.9. The highest BCUT2D eigenvalue weighted by Crippen LogP contribution is 2.25. The van der Waals surface area contributed by atoms with E-state index in [4.69, 9.17) is 0 Å². The van der Waals surface area contributed by atoms with Crippen LogP contribution < -0.4 is 4.90 Å². The van der Waals surface area contributed by atoms with Gasteiger partial charge in [0.2, 0.25) is 0 Å². The van der Waals surface area contributed by atoms with Crippen molar-refractivity contribution in [3.63, 3.8) is 0 Å². The van der Waals surface area contributed by atoms with E-state index in [0.29, 0.717) is 16.9 Å². The number of benzene rings is 2. The number of sulfone groups is 1. The van der Waals surface area contributed by atoms with Crippen LogP contribution in [0.1, 0.15) is 29.9 Å². The van der Waals surface area contributed by atoms with Gasteiger partial charge in [-0.3, -0.25) is 4.79 Å². The summed E-state index contributed by atoms with van der Waals surface area (Å²) in [4.78, 5) is 15.0. The number of para-hydroxylation sites is 1. The minimum Gasteiger partial charge on any atom is -0.306 e. The number of nitrogens with zero attached hydrogens (tertiary/aromatic N) is 3. The van der Waals surface area contributed by atoms with Gasteiger partial charge in [0.05, 0.1) is 22.3 Å². The third kappa shape index (κ3) is 4.07. The highest BCUT2D eigenvalue weighted by Gasteiger charge is 2.25. The fraction of sp³-hybridized carbons (Fsp3) is 0.238. The normalized spacial score (nSPS) is 11.7. The summed E-state index contributed by atoms with van der Waals surface area (Å²) in [5.74, 6) is -0.734. The Labute approximate surface area is 169 Å². The topological polar surface area (TPSA) is 72.3 Å². The number of rotatable bonds is 5. The lowest BCUT2D eigenvalue weighted by Crippen LogP contribution is -2.37. The van der Waals surface area contributed by atoms with Gasteiger partial charge in [0.1, 0.15) is 11.5 Å². The zero-order valence-electron chi connectivity index (χ0n) is 16.6. The first-order valence-electron chi connectivity index (χ1n) is 9.04. The molecule has 0 atom stereocenters. The molecule has 0 aliphatic carbocycles. The summed E-state index contributed by atoms with van der Waals surface area (Å²) in [6.07, 6.45) is 2.55. The Kier molecular flexibility index (Phi) is 5.57. The maximum absolute atomic E-state index is 14.1. The van der Waals surface area contributed by atoms with Crippen LogP contribution >= 0.6 is 0 Å². The summed E-state index contributed by atoms with van der Waals surface area (Å²) in [6, 6.07) is 12.2. The zero-order chi connectivity index (χ0) is 21.3. The van der Waals surface area contributed by atoms with Crippen LogP contribution in [0.15, 0.2) is 59.6 Å². The summed E-state index contributed by atoms with van der Waals surface area (Å²) in [7, 11) is -3.33. The van der Waals surface area contributed by atoms with Gasteiger partial charge in [0.15, 0.2) is 9.84 Å². The highest BCUT2D eigenvalue weighted by atomic mass is 32.2. The Morgan fingerprint density at radius 3 is 2.28 bits per heavy atom. The molecule has 2 aromatic carbocycles. The molecule has 0 aliphatic rings. The summed E-state index contributed by atoms with van der Waals surface area (Å²) in [6.45, 7) is 5.43. The summed E-state index contributed by atoms with van der Waals surface area (Å²) in [5.41, 5.74) is 1.68. The third-order valence-corrected chi connectivity index (χ3v) is 5.73. The van der Waals surface area contributed by atoms with Gasteiger partial charge < -0.3 is 4.90 Å². The number of carbonyl (C=O) groups excluding carboxylic acids is 1. The van der Waals surface area contributed by atoms with Gasteiger partial charge in [0.25, 0.3) is 5.91 Å². The molecule has 8 heteroatoms. The maximum Gasteiger partial charge on any atom is 0.261 e. The molecule has 0 radical (unpaired) electrons. The van der Waals surface area contributed by atoms with Gasteiger partial charge in [-0.15, -0.1) is 0 Å². The second-order valence-corrected chi connectivity index (χ2v) is 9.06. The fourth-order valence-corrected chi connectivity index (χ4v) is 3.75. The molecule has 29 heavy (non-hydrogen) atoms. The van der Waals surface area contributed by atoms with Crippen molar-refractivity contribution < 1.29 is 17.6 Å². The van der Waals surface area contributed by atoms with Gasteiger partial charge in [-0.05, 0) is 57.2 Å². The maximum atomic E-state index is 14.1. The van der Waals surface area contributed by atoms with E-state index in [9.17, 15) is 17.6 Å². The molecule has 6 nitrogen and oxygen atoms in total. The first-order valence-corrected chi connectivity index (χ1v) is 10.9. The van der Waals surface area contributed by atoms with Crippen molar-refractivity contribution in [1.29, 1.82) is 0 Å². The molecule has 0 spiro atoms. The van der Waals surface area contributed by atoms with Crippen LogP contribution in [-0.4, -0.2) is 36.4 Å². The van der Waals surface area contributed by atoms with E-state index in [2.05, 4.69) is 5.10 Å². The second-order valence-electron chi connectivity index (χ2n) is 7.04. The Morgan fingerprint density at radius 2 is 1.72 bits per heavy atom. The SMILES string of the molecule is Cc1c(C(=O)N(c2ccc(S(C)(=O)=O)cc2)C(C)C)cnn1-c1ccccc1F. The number of hydrogen-bond donors (Lipinski definition) is 0. The van der Waals surface area contributed by atoms with Crippen LogP contribution in [0.3, 0.4) is 0 Å². The van der Waals surface area contributed by atoms with Gasteiger partial charge in [-0.2, -0.15) is 5.10 Å².